The van der Waals surface area contributed by atoms with Crippen molar-refractivity contribution in [3.05, 3.63) is 23.8 Å². The molecule has 0 spiro atoms. The predicted molar refractivity (Wildman–Crippen MR) is 79.3 cm³/mol. The Balaban J connectivity index is 2.51. The van der Waals surface area contributed by atoms with Crippen molar-refractivity contribution in [2.45, 2.75) is 32.9 Å². The molecule has 0 aliphatic heterocycles. The van der Waals surface area contributed by atoms with Gasteiger partial charge in [-0.05, 0) is 31.5 Å². The second kappa shape index (κ2) is 8.14. The fourth-order valence-corrected chi connectivity index (χ4v) is 1.77. The summed E-state index contributed by atoms with van der Waals surface area (Å²) in [7, 11) is 3.11. The van der Waals surface area contributed by atoms with E-state index < -0.39 is 0 Å². The van der Waals surface area contributed by atoms with Crippen LogP contribution in [0.2, 0.25) is 0 Å². The first kappa shape index (κ1) is 16.8. The van der Waals surface area contributed by atoms with Crippen LogP contribution in [0.25, 0.3) is 0 Å². The molecule has 0 fully saturated rings. The minimum Gasteiger partial charge on any atom is -0.493 e. The zero-order valence-electron chi connectivity index (χ0n) is 12.9. The van der Waals surface area contributed by atoms with E-state index in [0.29, 0.717) is 18.0 Å². The van der Waals surface area contributed by atoms with Crippen LogP contribution in [0.3, 0.4) is 0 Å². The van der Waals surface area contributed by atoms with Gasteiger partial charge in [0.25, 0.3) is 0 Å². The molecule has 0 aliphatic carbocycles. The maximum atomic E-state index is 11.7. The highest BCUT2D eigenvalue weighted by Gasteiger charge is 2.10. The third-order valence-corrected chi connectivity index (χ3v) is 2.71. The molecule has 0 bridgehead atoms. The minimum absolute atomic E-state index is 0.0242. The molecule has 1 aromatic carbocycles. The Morgan fingerprint density at radius 3 is 2.33 bits per heavy atom. The number of hydrogen-bond acceptors (Lipinski definition) is 4. The Morgan fingerprint density at radius 2 is 1.76 bits per heavy atom. The molecule has 0 heterocycles. The number of rotatable bonds is 7. The van der Waals surface area contributed by atoms with Gasteiger partial charge in [0.15, 0.2) is 11.5 Å². The van der Waals surface area contributed by atoms with E-state index in [1.165, 1.54) is 0 Å². The van der Waals surface area contributed by atoms with Crippen LogP contribution in [0, 0.1) is 0 Å². The molecule has 1 rings (SSSR count). The summed E-state index contributed by atoms with van der Waals surface area (Å²) in [5.74, 6) is 0.628. The Bertz CT molecular complexity index is 500. The van der Waals surface area contributed by atoms with Gasteiger partial charge in [0.2, 0.25) is 11.8 Å². The Morgan fingerprint density at radius 1 is 1.10 bits per heavy atom. The van der Waals surface area contributed by atoms with Gasteiger partial charge in [-0.25, -0.2) is 0 Å². The van der Waals surface area contributed by atoms with Crippen molar-refractivity contribution >= 4 is 11.8 Å². The molecule has 0 radical (unpaired) electrons. The van der Waals surface area contributed by atoms with Crippen molar-refractivity contribution in [1.29, 1.82) is 0 Å². The highest BCUT2D eigenvalue weighted by atomic mass is 16.5. The average molecular weight is 294 g/mol. The molecule has 0 aliphatic rings. The number of ether oxygens (including phenoxy) is 2. The number of amides is 2. The Kier molecular flexibility index (Phi) is 6.52. The van der Waals surface area contributed by atoms with Crippen LogP contribution in [0.15, 0.2) is 18.2 Å². The van der Waals surface area contributed by atoms with E-state index >= 15 is 0 Å². The summed E-state index contributed by atoms with van der Waals surface area (Å²) in [6, 6.07) is 5.41. The van der Waals surface area contributed by atoms with Gasteiger partial charge in [0, 0.05) is 12.6 Å². The molecule has 2 amide bonds. The lowest BCUT2D eigenvalue weighted by Crippen LogP contribution is -2.35. The molecule has 21 heavy (non-hydrogen) atoms. The largest absolute Gasteiger partial charge is 0.493 e. The van der Waals surface area contributed by atoms with Crippen LogP contribution in [0.1, 0.15) is 25.8 Å². The summed E-state index contributed by atoms with van der Waals surface area (Å²) >= 11 is 0. The van der Waals surface area contributed by atoms with Gasteiger partial charge >= 0.3 is 0 Å². The van der Waals surface area contributed by atoms with Gasteiger partial charge < -0.3 is 20.1 Å². The second-order valence-corrected chi connectivity index (χ2v) is 4.87. The van der Waals surface area contributed by atoms with E-state index in [4.69, 9.17) is 9.47 Å². The van der Waals surface area contributed by atoms with E-state index in [9.17, 15) is 9.59 Å². The lowest BCUT2D eigenvalue weighted by molar-refractivity contribution is -0.129. The van der Waals surface area contributed by atoms with Crippen molar-refractivity contribution in [3.8, 4) is 11.5 Å². The van der Waals surface area contributed by atoms with Gasteiger partial charge in [0.1, 0.15) is 6.42 Å². The quantitative estimate of drug-likeness (QED) is 0.742. The molecule has 2 N–H and O–H groups in total. The molecule has 116 valence electrons. The number of carbonyl (C=O) groups is 2. The fourth-order valence-electron chi connectivity index (χ4n) is 1.77. The summed E-state index contributed by atoms with van der Waals surface area (Å²) in [4.78, 5) is 23.1. The van der Waals surface area contributed by atoms with Crippen LogP contribution in [-0.2, 0) is 16.1 Å². The van der Waals surface area contributed by atoms with Crippen molar-refractivity contribution < 1.29 is 19.1 Å². The van der Waals surface area contributed by atoms with E-state index in [-0.39, 0.29) is 24.3 Å². The SMILES string of the molecule is COc1ccc(CNC(=O)CC(=O)NC(C)C)cc1OC. The smallest absolute Gasteiger partial charge is 0.229 e. The molecule has 6 heteroatoms. The monoisotopic (exact) mass is 294 g/mol. The molecule has 0 unspecified atom stereocenters. The molecule has 0 saturated heterocycles. The van der Waals surface area contributed by atoms with Crippen molar-refractivity contribution in [3.63, 3.8) is 0 Å². The maximum Gasteiger partial charge on any atom is 0.229 e. The lowest BCUT2D eigenvalue weighted by Gasteiger charge is -2.11. The molecule has 0 atom stereocenters. The van der Waals surface area contributed by atoms with Crippen LogP contribution < -0.4 is 20.1 Å². The number of hydrogen-bond donors (Lipinski definition) is 2. The lowest BCUT2D eigenvalue weighted by atomic mass is 10.2. The standard InChI is InChI=1S/C15H22N2O4/c1-10(2)17-15(19)8-14(18)16-9-11-5-6-12(20-3)13(7-11)21-4/h5-7,10H,8-9H2,1-4H3,(H,16,18)(H,17,19). The van der Waals surface area contributed by atoms with Crippen LogP contribution in [0.4, 0.5) is 0 Å². The zero-order valence-corrected chi connectivity index (χ0v) is 12.9. The third kappa shape index (κ3) is 5.72. The van der Waals surface area contributed by atoms with Gasteiger partial charge in [-0.2, -0.15) is 0 Å². The molecule has 6 nitrogen and oxygen atoms in total. The Hall–Kier alpha value is -2.24. The Labute approximate surface area is 124 Å². The van der Waals surface area contributed by atoms with Crippen LogP contribution in [0.5, 0.6) is 11.5 Å². The van der Waals surface area contributed by atoms with Gasteiger partial charge in [-0.3, -0.25) is 9.59 Å². The summed E-state index contributed by atoms with van der Waals surface area (Å²) in [6.45, 7) is 4.02. The average Bonchev–Trinajstić information content (AvgIpc) is 2.43. The minimum atomic E-state index is -0.317. The van der Waals surface area contributed by atoms with E-state index in [0.717, 1.165) is 5.56 Å². The molecular weight excluding hydrogens is 272 g/mol. The molecule has 0 saturated carbocycles. The predicted octanol–water partition coefficient (Wildman–Crippen LogP) is 1.23. The molecule has 0 aromatic heterocycles. The summed E-state index contributed by atoms with van der Waals surface area (Å²) in [5.41, 5.74) is 0.866. The van der Waals surface area contributed by atoms with E-state index in [1.807, 2.05) is 19.9 Å². The highest BCUT2D eigenvalue weighted by Crippen LogP contribution is 2.27. The first-order valence-corrected chi connectivity index (χ1v) is 6.73. The summed E-state index contributed by atoms with van der Waals surface area (Å²) in [6.07, 6.45) is -0.175. The topological polar surface area (TPSA) is 76.7 Å². The first-order valence-electron chi connectivity index (χ1n) is 6.73. The molecule has 1 aromatic rings. The van der Waals surface area contributed by atoms with Gasteiger partial charge in [-0.15, -0.1) is 0 Å². The fraction of sp³-hybridized carbons (Fsp3) is 0.467. The number of methoxy groups -OCH3 is 2. The van der Waals surface area contributed by atoms with E-state index in [1.54, 1.807) is 26.4 Å². The van der Waals surface area contributed by atoms with Crippen molar-refractivity contribution in [2.75, 3.05) is 14.2 Å². The van der Waals surface area contributed by atoms with Gasteiger partial charge in [0.05, 0.1) is 14.2 Å². The van der Waals surface area contributed by atoms with E-state index in [2.05, 4.69) is 10.6 Å². The zero-order chi connectivity index (χ0) is 15.8. The third-order valence-electron chi connectivity index (χ3n) is 2.71. The summed E-state index contributed by atoms with van der Waals surface area (Å²) in [5, 5.41) is 5.36. The van der Waals surface area contributed by atoms with Crippen LogP contribution >= 0.6 is 0 Å². The number of benzene rings is 1. The van der Waals surface area contributed by atoms with Gasteiger partial charge in [-0.1, -0.05) is 6.07 Å². The van der Waals surface area contributed by atoms with Crippen molar-refractivity contribution in [2.24, 2.45) is 0 Å². The first-order chi connectivity index (χ1) is 9.96. The number of nitrogens with one attached hydrogen (secondary N) is 2. The normalized spacial score (nSPS) is 10.1. The highest BCUT2D eigenvalue weighted by molar-refractivity contribution is 5.96. The maximum absolute atomic E-state index is 11.7. The van der Waals surface area contributed by atoms with Crippen molar-refractivity contribution in [1.82, 2.24) is 10.6 Å². The summed E-state index contributed by atoms with van der Waals surface area (Å²) < 4.78 is 10.3. The van der Waals surface area contributed by atoms with Crippen LogP contribution in [-0.4, -0.2) is 32.1 Å². The second-order valence-electron chi connectivity index (χ2n) is 4.87. The number of carbonyl (C=O) groups excluding carboxylic acids is 2. The molecular formula is C15H22N2O4.